The van der Waals surface area contributed by atoms with Crippen molar-refractivity contribution >= 4 is 5.91 Å². The predicted octanol–water partition coefficient (Wildman–Crippen LogP) is 1.94. The number of carbonyl (C=O) groups is 1. The molecule has 0 radical (unpaired) electrons. The van der Waals surface area contributed by atoms with Crippen molar-refractivity contribution in [1.29, 1.82) is 0 Å². The zero-order valence-electron chi connectivity index (χ0n) is 11.7. The molecule has 3 heteroatoms. The van der Waals surface area contributed by atoms with Crippen LogP contribution in [0.25, 0.3) is 0 Å². The van der Waals surface area contributed by atoms with Gasteiger partial charge in [-0.2, -0.15) is 0 Å². The molecule has 18 heavy (non-hydrogen) atoms. The van der Waals surface area contributed by atoms with Crippen LogP contribution < -0.4 is 10.6 Å². The second-order valence-corrected chi connectivity index (χ2v) is 5.43. The summed E-state index contributed by atoms with van der Waals surface area (Å²) in [5, 5.41) is 6.41. The Bertz CT molecular complexity index is 458. The number of amides is 1. The number of benzene rings is 1. The predicted molar refractivity (Wildman–Crippen MR) is 73.6 cm³/mol. The van der Waals surface area contributed by atoms with Gasteiger partial charge in [-0.1, -0.05) is 17.7 Å². The molecule has 1 unspecified atom stereocenters. The summed E-state index contributed by atoms with van der Waals surface area (Å²) in [5.74, 6) is 0.0788. The van der Waals surface area contributed by atoms with Crippen LogP contribution in [0.15, 0.2) is 12.1 Å². The lowest BCUT2D eigenvalue weighted by atomic mass is 9.83. The van der Waals surface area contributed by atoms with E-state index in [1.165, 1.54) is 16.7 Å². The lowest BCUT2D eigenvalue weighted by molar-refractivity contribution is -0.126. The largest absolute Gasteiger partial charge is 0.354 e. The molecule has 1 aromatic rings. The molecular weight excluding hydrogens is 224 g/mol. The van der Waals surface area contributed by atoms with E-state index in [1.54, 1.807) is 0 Å². The van der Waals surface area contributed by atoms with Crippen molar-refractivity contribution in [3.05, 3.63) is 34.4 Å². The van der Waals surface area contributed by atoms with Gasteiger partial charge in [0.25, 0.3) is 0 Å². The number of nitrogens with one attached hydrogen (secondary N) is 2. The van der Waals surface area contributed by atoms with Crippen LogP contribution in [-0.2, 0) is 10.3 Å². The number of rotatable bonds is 1. The molecule has 2 N–H and O–H groups in total. The molecule has 1 saturated heterocycles. The Morgan fingerprint density at radius 2 is 1.72 bits per heavy atom. The number of hydrogen-bond donors (Lipinski definition) is 2. The fourth-order valence-corrected chi connectivity index (χ4v) is 3.06. The topological polar surface area (TPSA) is 41.1 Å². The second kappa shape index (κ2) is 4.73. The molecule has 1 fully saturated rings. The van der Waals surface area contributed by atoms with Crippen molar-refractivity contribution < 1.29 is 4.79 Å². The maximum atomic E-state index is 12.4. The average Bonchev–Trinajstić information content (AvgIpc) is 2.41. The lowest BCUT2D eigenvalue weighted by Gasteiger charge is -2.31. The molecule has 98 valence electrons. The first-order chi connectivity index (χ1) is 8.45. The Morgan fingerprint density at radius 1 is 1.11 bits per heavy atom. The molecule has 1 aliphatic rings. The van der Waals surface area contributed by atoms with Gasteiger partial charge in [0.05, 0.1) is 0 Å². The number of carbonyl (C=O) groups excluding carboxylic acids is 1. The van der Waals surface area contributed by atoms with E-state index in [0.29, 0.717) is 0 Å². The number of aryl methyl sites for hydroxylation is 3. The summed E-state index contributed by atoms with van der Waals surface area (Å²) in [7, 11) is 0. The van der Waals surface area contributed by atoms with Gasteiger partial charge < -0.3 is 5.32 Å². The van der Waals surface area contributed by atoms with Crippen molar-refractivity contribution in [3.63, 3.8) is 0 Å². The summed E-state index contributed by atoms with van der Waals surface area (Å²) >= 11 is 0. The first-order valence-electron chi connectivity index (χ1n) is 6.57. The molecular formula is C15H22N2O. The van der Waals surface area contributed by atoms with Crippen LogP contribution in [0, 0.1) is 20.8 Å². The minimum Gasteiger partial charge on any atom is -0.354 e. The second-order valence-electron chi connectivity index (χ2n) is 5.43. The third kappa shape index (κ3) is 2.15. The Hall–Kier alpha value is -1.35. The molecule has 1 aliphatic heterocycles. The lowest BCUT2D eigenvalue weighted by Crippen LogP contribution is -2.50. The van der Waals surface area contributed by atoms with Crippen molar-refractivity contribution in [2.45, 2.75) is 39.7 Å². The molecule has 1 amide bonds. The summed E-state index contributed by atoms with van der Waals surface area (Å²) in [6.45, 7) is 9.86. The standard InChI is InChI=1S/C15H22N2O/c1-10-8-11(2)13(12(3)9-10)15(4)14(18)16-6-5-7-17-15/h8-9,17H,5-7H2,1-4H3,(H,16,18). The van der Waals surface area contributed by atoms with Crippen LogP contribution in [-0.4, -0.2) is 19.0 Å². The van der Waals surface area contributed by atoms with Crippen molar-refractivity contribution in [2.24, 2.45) is 0 Å². The summed E-state index contributed by atoms with van der Waals surface area (Å²) in [6.07, 6.45) is 0.977. The smallest absolute Gasteiger partial charge is 0.244 e. The minimum atomic E-state index is -0.613. The number of hydrogen-bond acceptors (Lipinski definition) is 2. The first-order valence-corrected chi connectivity index (χ1v) is 6.57. The van der Waals surface area contributed by atoms with Gasteiger partial charge in [-0.15, -0.1) is 0 Å². The monoisotopic (exact) mass is 246 g/mol. The Labute approximate surface area is 109 Å². The molecule has 0 saturated carbocycles. The highest BCUT2D eigenvalue weighted by molar-refractivity contribution is 5.88. The van der Waals surface area contributed by atoms with Gasteiger partial charge in [-0.05, 0) is 57.4 Å². The normalized spacial score (nSPS) is 24.6. The highest BCUT2D eigenvalue weighted by atomic mass is 16.2. The highest BCUT2D eigenvalue weighted by Crippen LogP contribution is 2.29. The molecule has 3 nitrogen and oxygen atoms in total. The molecule has 1 atom stereocenters. The fraction of sp³-hybridized carbons (Fsp3) is 0.533. The van der Waals surface area contributed by atoms with E-state index < -0.39 is 5.54 Å². The van der Waals surface area contributed by atoms with Gasteiger partial charge in [0.1, 0.15) is 5.54 Å². The quantitative estimate of drug-likeness (QED) is 0.795. The summed E-state index contributed by atoms with van der Waals surface area (Å²) < 4.78 is 0. The van der Waals surface area contributed by atoms with Crippen LogP contribution in [0.4, 0.5) is 0 Å². The van der Waals surface area contributed by atoms with Crippen LogP contribution in [0.5, 0.6) is 0 Å². The van der Waals surface area contributed by atoms with E-state index in [9.17, 15) is 4.79 Å². The SMILES string of the molecule is Cc1cc(C)c(C2(C)NCCCNC2=O)c(C)c1. The van der Waals surface area contributed by atoms with Crippen LogP contribution in [0.3, 0.4) is 0 Å². The van der Waals surface area contributed by atoms with Crippen LogP contribution >= 0.6 is 0 Å². The molecule has 0 aliphatic carbocycles. The van der Waals surface area contributed by atoms with Gasteiger partial charge >= 0.3 is 0 Å². The van der Waals surface area contributed by atoms with Crippen LogP contribution in [0.2, 0.25) is 0 Å². The molecule has 1 heterocycles. The summed E-state index contributed by atoms with van der Waals surface area (Å²) in [6, 6.07) is 4.29. The first kappa shape index (κ1) is 13.1. The van der Waals surface area contributed by atoms with Crippen LogP contribution in [0.1, 0.15) is 35.6 Å². The van der Waals surface area contributed by atoms with Gasteiger partial charge in [-0.3, -0.25) is 10.1 Å². The van der Waals surface area contributed by atoms with E-state index in [-0.39, 0.29) is 5.91 Å². The molecule has 0 spiro atoms. The van der Waals surface area contributed by atoms with Gasteiger partial charge in [0, 0.05) is 6.54 Å². The molecule has 1 aromatic carbocycles. The Balaban J connectivity index is 2.55. The average molecular weight is 246 g/mol. The maximum Gasteiger partial charge on any atom is 0.244 e. The Kier molecular flexibility index (Phi) is 3.44. The zero-order chi connectivity index (χ0) is 13.3. The van der Waals surface area contributed by atoms with Gasteiger partial charge in [0.15, 0.2) is 0 Å². The van der Waals surface area contributed by atoms with Gasteiger partial charge in [0.2, 0.25) is 5.91 Å². The van der Waals surface area contributed by atoms with E-state index in [2.05, 4.69) is 43.5 Å². The minimum absolute atomic E-state index is 0.0788. The third-order valence-corrected chi connectivity index (χ3v) is 3.75. The molecule has 2 rings (SSSR count). The fourth-order valence-electron chi connectivity index (χ4n) is 3.06. The summed E-state index contributed by atoms with van der Waals surface area (Å²) in [5.41, 5.74) is 4.11. The third-order valence-electron chi connectivity index (χ3n) is 3.75. The van der Waals surface area contributed by atoms with Gasteiger partial charge in [-0.25, -0.2) is 0 Å². The van der Waals surface area contributed by atoms with Crippen molar-refractivity contribution in [1.82, 2.24) is 10.6 Å². The Morgan fingerprint density at radius 3 is 2.33 bits per heavy atom. The molecule has 0 aromatic heterocycles. The summed E-state index contributed by atoms with van der Waals surface area (Å²) in [4.78, 5) is 12.4. The highest BCUT2D eigenvalue weighted by Gasteiger charge is 2.37. The zero-order valence-corrected chi connectivity index (χ0v) is 11.7. The molecule has 0 bridgehead atoms. The van der Waals surface area contributed by atoms with E-state index >= 15 is 0 Å². The van der Waals surface area contributed by atoms with E-state index in [4.69, 9.17) is 0 Å². The van der Waals surface area contributed by atoms with E-state index in [0.717, 1.165) is 25.1 Å². The maximum absolute atomic E-state index is 12.4. The van der Waals surface area contributed by atoms with Crippen molar-refractivity contribution in [3.8, 4) is 0 Å². The van der Waals surface area contributed by atoms with E-state index in [1.807, 2.05) is 6.92 Å². The van der Waals surface area contributed by atoms with Crippen molar-refractivity contribution in [2.75, 3.05) is 13.1 Å².